The van der Waals surface area contributed by atoms with E-state index in [1.807, 2.05) is 24.3 Å². The maximum absolute atomic E-state index is 10.6. The first-order chi connectivity index (χ1) is 12.6. The second-order valence-electron chi connectivity index (χ2n) is 5.69. The highest BCUT2D eigenvalue weighted by atomic mass is 16.6. The lowest BCUT2D eigenvalue weighted by Gasteiger charge is -2.18. The van der Waals surface area contributed by atoms with E-state index >= 15 is 0 Å². The van der Waals surface area contributed by atoms with Crippen LogP contribution in [0, 0.1) is 10.1 Å². The van der Waals surface area contributed by atoms with E-state index in [0.717, 1.165) is 30.9 Å². The molecule has 26 heavy (non-hydrogen) atoms. The molecule has 0 heterocycles. The first-order valence-electron chi connectivity index (χ1n) is 8.68. The van der Waals surface area contributed by atoms with E-state index in [2.05, 4.69) is 29.0 Å². The van der Waals surface area contributed by atoms with Crippen LogP contribution in [0.5, 0.6) is 5.75 Å². The number of azo groups is 1. The van der Waals surface area contributed by atoms with Crippen LogP contribution in [-0.2, 0) is 6.54 Å². The zero-order valence-electron chi connectivity index (χ0n) is 15.2. The van der Waals surface area contributed by atoms with E-state index in [1.165, 1.54) is 12.1 Å². The van der Waals surface area contributed by atoms with E-state index in [0.29, 0.717) is 18.8 Å². The Morgan fingerprint density at radius 2 is 1.69 bits per heavy atom. The predicted octanol–water partition coefficient (Wildman–Crippen LogP) is 4.60. The van der Waals surface area contributed by atoms with Crippen LogP contribution in [0.1, 0.15) is 19.4 Å². The third-order valence-corrected chi connectivity index (χ3v) is 3.99. The monoisotopic (exact) mass is 356 g/mol. The molecular weight excluding hydrogens is 332 g/mol. The molecule has 0 aliphatic rings. The number of nitro benzene ring substituents is 1. The minimum absolute atomic E-state index is 0.0422. The Bertz CT molecular complexity index is 711. The molecule has 0 unspecified atom stereocenters. The number of non-ortho nitro benzene ring substituents is 1. The van der Waals surface area contributed by atoms with Gasteiger partial charge in [0.05, 0.1) is 17.2 Å². The maximum atomic E-state index is 10.6. The van der Waals surface area contributed by atoms with Gasteiger partial charge in [-0.3, -0.25) is 10.1 Å². The van der Waals surface area contributed by atoms with Gasteiger partial charge in [-0.25, -0.2) is 0 Å². The topological polar surface area (TPSA) is 80.3 Å². The summed E-state index contributed by atoms with van der Waals surface area (Å²) in [6.07, 6.45) is 0. The van der Waals surface area contributed by atoms with Crippen molar-refractivity contribution in [1.29, 1.82) is 0 Å². The molecule has 0 radical (unpaired) electrons. The van der Waals surface area contributed by atoms with Gasteiger partial charge in [0.25, 0.3) is 5.69 Å². The van der Waals surface area contributed by atoms with Crippen molar-refractivity contribution in [2.45, 2.75) is 20.4 Å². The van der Waals surface area contributed by atoms with Crippen LogP contribution in [0.25, 0.3) is 0 Å². The number of benzene rings is 2. The Labute approximate surface area is 153 Å². The molecule has 0 saturated heterocycles. The third kappa shape index (κ3) is 6.25. The van der Waals surface area contributed by atoms with Crippen LogP contribution in [0.2, 0.25) is 0 Å². The number of likely N-dealkylation sites (N-methyl/N-ethyl adjacent to an activating group) is 1. The van der Waals surface area contributed by atoms with Crippen molar-refractivity contribution in [3.05, 3.63) is 64.2 Å². The maximum Gasteiger partial charge on any atom is 0.269 e. The van der Waals surface area contributed by atoms with Gasteiger partial charge in [-0.1, -0.05) is 26.0 Å². The fourth-order valence-corrected chi connectivity index (χ4v) is 2.36. The highest BCUT2D eigenvalue weighted by Gasteiger charge is 2.03. The van der Waals surface area contributed by atoms with E-state index in [-0.39, 0.29) is 5.69 Å². The minimum atomic E-state index is -0.438. The number of rotatable bonds is 10. The molecule has 7 nitrogen and oxygen atoms in total. The molecule has 2 aromatic rings. The van der Waals surface area contributed by atoms with Gasteiger partial charge < -0.3 is 9.64 Å². The molecular formula is C19H24N4O3. The van der Waals surface area contributed by atoms with E-state index < -0.39 is 4.92 Å². The first kappa shape index (κ1) is 19.5. The summed E-state index contributed by atoms with van der Waals surface area (Å²) < 4.78 is 5.75. The Hall–Kier alpha value is -2.80. The van der Waals surface area contributed by atoms with Crippen LogP contribution < -0.4 is 4.74 Å². The average Bonchev–Trinajstić information content (AvgIpc) is 2.67. The van der Waals surface area contributed by atoms with Gasteiger partial charge in [-0.05, 0) is 42.9 Å². The number of ether oxygens (including phenoxy) is 1. The summed E-state index contributed by atoms with van der Waals surface area (Å²) in [7, 11) is 0. The molecule has 0 fully saturated rings. The molecule has 138 valence electrons. The lowest BCUT2D eigenvalue weighted by atomic mass is 10.2. The molecule has 0 bridgehead atoms. The largest absolute Gasteiger partial charge is 0.492 e. The quantitative estimate of drug-likeness (QED) is 0.354. The molecule has 0 atom stereocenters. The SMILES string of the molecule is CCN(CC)CCOc1ccc(CN=Nc2ccc([N+](=O)[O-])cc2)cc1. The number of hydrogen-bond acceptors (Lipinski definition) is 6. The summed E-state index contributed by atoms with van der Waals surface area (Å²) in [5, 5.41) is 18.8. The Morgan fingerprint density at radius 3 is 2.27 bits per heavy atom. The molecule has 0 aliphatic carbocycles. The van der Waals surface area contributed by atoms with Crippen LogP contribution in [-0.4, -0.2) is 36.1 Å². The van der Waals surface area contributed by atoms with Crippen molar-refractivity contribution in [3.8, 4) is 5.75 Å². The molecule has 0 aromatic heterocycles. The normalized spacial score (nSPS) is 11.2. The lowest BCUT2D eigenvalue weighted by molar-refractivity contribution is -0.384. The summed E-state index contributed by atoms with van der Waals surface area (Å²) in [5.74, 6) is 0.841. The van der Waals surface area contributed by atoms with Crippen molar-refractivity contribution in [2.24, 2.45) is 10.2 Å². The molecule has 0 saturated carbocycles. The fraction of sp³-hybridized carbons (Fsp3) is 0.368. The lowest BCUT2D eigenvalue weighted by Crippen LogP contribution is -2.27. The average molecular weight is 356 g/mol. The van der Waals surface area contributed by atoms with Crippen LogP contribution >= 0.6 is 0 Å². The van der Waals surface area contributed by atoms with Gasteiger partial charge in [-0.2, -0.15) is 10.2 Å². The number of hydrogen-bond donors (Lipinski definition) is 0. The van der Waals surface area contributed by atoms with Crippen LogP contribution in [0.3, 0.4) is 0 Å². The molecule has 2 rings (SSSR count). The summed E-state index contributed by atoms with van der Waals surface area (Å²) in [6.45, 7) is 8.36. The van der Waals surface area contributed by atoms with Crippen molar-refractivity contribution in [1.82, 2.24) is 4.90 Å². The fourth-order valence-electron chi connectivity index (χ4n) is 2.36. The highest BCUT2D eigenvalue weighted by Crippen LogP contribution is 2.19. The molecule has 7 heteroatoms. The van der Waals surface area contributed by atoms with Gasteiger partial charge in [0.15, 0.2) is 0 Å². The van der Waals surface area contributed by atoms with Crippen LogP contribution in [0.15, 0.2) is 58.8 Å². The van der Waals surface area contributed by atoms with E-state index in [1.54, 1.807) is 12.1 Å². The van der Waals surface area contributed by atoms with E-state index in [4.69, 9.17) is 4.74 Å². The Kier molecular flexibility index (Phi) is 7.70. The Morgan fingerprint density at radius 1 is 1.04 bits per heavy atom. The van der Waals surface area contributed by atoms with Crippen molar-refractivity contribution < 1.29 is 9.66 Å². The van der Waals surface area contributed by atoms with Crippen LogP contribution in [0.4, 0.5) is 11.4 Å². The highest BCUT2D eigenvalue weighted by molar-refractivity contribution is 5.43. The minimum Gasteiger partial charge on any atom is -0.492 e. The van der Waals surface area contributed by atoms with Gasteiger partial charge in [0.1, 0.15) is 12.4 Å². The van der Waals surface area contributed by atoms with Gasteiger partial charge in [0.2, 0.25) is 0 Å². The van der Waals surface area contributed by atoms with Crippen molar-refractivity contribution in [2.75, 3.05) is 26.2 Å². The molecule has 2 aromatic carbocycles. The van der Waals surface area contributed by atoms with Gasteiger partial charge in [0, 0.05) is 18.7 Å². The van der Waals surface area contributed by atoms with Crippen molar-refractivity contribution >= 4 is 11.4 Å². The van der Waals surface area contributed by atoms with Gasteiger partial charge in [-0.15, -0.1) is 0 Å². The second-order valence-corrected chi connectivity index (χ2v) is 5.69. The van der Waals surface area contributed by atoms with Crippen molar-refractivity contribution in [3.63, 3.8) is 0 Å². The smallest absolute Gasteiger partial charge is 0.269 e. The molecule has 0 aliphatic heterocycles. The van der Waals surface area contributed by atoms with Gasteiger partial charge >= 0.3 is 0 Å². The first-order valence-corrected chi connectivity index (χ1v) is 8.68. The standard InChI is InChI=1S/C19H24N4O3/c1-3-22(4-2)13-14-26-19-11-5-16(6-12-19)15-20-21-17-7-9-18(10-8-17)23(24)25/h5-12H,3-4,13-15H2,1-2H3. The summed E-state index contributed by atoms with van der Waals surface area (Å²) >= 11 is 0. The number of nitro groups is 1. The molecule has 0 N–H and O–H groups in total. The second kappa shape index (κ2) is 10.2. The Balaban J connectivity index is 1.80. The number of nitrogens with zero attached hydrogens (tertiary/aromatic N) is 4. The van der Waals surface area contributed by atoms with E-state index in [9.17, 15) is 10.1 Å². The zero-order valence-corrected chi connectivity index (χ0v) is 15.2. The zero-order chi connectivity index (χ0) is 18.8. The summed E-state index contributed by atoms with van der Waals surface area (Å²) in [5.41, 5.74) is 1.65. The summed E-state index contributed by atoms with van der Waals surface area (Å²) in [4.78, 5) is 12.5. The molecule has 0 amide bonds. The molecule has 0 spiro atoms. The summed E-state index contributed by atoms with van der Waals surface area (Å²) in [6, 6.07) is 13.8. The predicted molar refractivity (Wildman–Crippen MR) is 101 cm³/mol. The third-order valence-electron chi connectivity index (χ3n) is 3.99.